The fraction of sp³-hybridized carbons (Fsp3) is 0.500. The topological polar surface area (TPSA) is 75.3 Å². The lowest BCUT2D eigenvalue weighted by Crippen LogP contribution is -2.42. The van der Waals surface area contributed by atoms with Crippen LogP contribution < -0.4 is 11.1 Å². The Morgan fingerprint density at radius 2 is 1.89 bits per heavy atom. The van der Waals surface area contributed by atoms with Gasteiger partial charge in [0, 0.05) is 0 Å². The quantitative estimate of drug-likeness (QED) is 0.716. The molecule has 1 aromatic carbocycles. The van der Waals surface area contributed by atoms with Crippen LogP contribution in [-0.2, 0) is 11.2 Å². The van der Waals surface area contributed by atoms with E-state index in [-0.39, 0.29) is 6.04 Å². The zero-order chi connectivity index (χ0) is 13.7. The van der Waals surface area contributed by atoms with Crippen molar-refractivity contribution in [3.05, 3.63) is 35.4 Å². The van der Waals surface area contributed by atoms with Gasteiger partial charge in [0.05, 0.1) is 6.04 Å². The molecule has 0 aliphatic carbocycles. The number of carboxylic acid groups (broad SMARTS) is 1. The Morgan fingerprint density at radius 3 is 2.28 bits per heavy atom. The van der Waals surface area contributed by atoms with Gasteiger partial charge in [-0.05, 0) is 30.5 Å². The average molecular weight is 250 g/mol. The molecular weight excluding hydrogens is 228 g/mol. The zero-order valence-electron chi connectivity index (χ0n) is 11.2. The molecular formula is C14H22N2O2. The summed E-state index contributed by atoms with van der Waals surface area (Å²) in [5.74, 6) is -0.391. The third-order valence-electron chi connectivity index (χ3n) is 2.94. The molecule has 4 nitrogen and oxygen atoms in total. The number of likely N-dealkylation sites (N-methyl/N-ethyl adjacent to an activating group) is 1. The second-order valence-corrected chi connectivity index (χ2v) is 4.97. The lowest BCUT2D eigenvalue weighted by atomic mass is 9.96. The van der Waals surface area contributed by atoms with Crippen molar-refractivity contribution in [1.29, 1.82) is 0 Å². The minimum Gasteiger partial charge on any atom is -0.480 e. The summed E-state index contributed by atoms with van der Waals surface area (Å²) in [5, 5.41) is 11.9. The summed E-state index contributed by atoms with van der Waals surface area (Å²) in [4.78, 5) is 10.9. The lowest BCUT2D eigenvalue weighted by Gasteiger charge is -2.21. The van der Waals surface area contributed by atoms with E-state index in [1.807, 2.05) is 24.3 Å². The van der Waals surface area contributed by atoms with E-state index in [1.54, 1.807) is 7.05 Å². The smallest absolute Gasteiger partial charge is 0.322 e. The molecule has 0 fully saturated rings. The molecule has 18 heavy (non-hydrogen) atoms. The first-order valence-electron chi connectivity index (χ1n) is 6.20. The average Bonchev–Trinajstić information content (AvgIpc) is 2.31. The van der Waals surface area contributed by atoms with Crippen LogP contribution in [0.5, 0.6) is 0 Å². The van der Waals surface area contributed by atoms with E-state index in [4.69, 9.17) is 10.8 Å². The van der Waals surface area contributed by atoms with E-state index in [0.29, 0.717) is 5.92 Å². The normalized spacial score (nSPS) is 14.5. The first kappa shape index (κ1) is 14.7. The second-order valence-electron chi connectivity index (χ2n) is 4.97. The molecule has 0 amide bonds. The summed E-state index contributed by atoms with van der Waals surface area (Å²) in [6.07, 6.45) is 1.02. The molecule has 0 aromatic heterocycles. The van der Waals surface area contributed by atoms with Gasteiger partial charge >= 0.3 is 5.97 Å². The van der Waals surface area contributed by atoms with Crippen LogP contribution >= 0.6 is 0 Å². The molecule has 0 saturated carbocycles. The van der Waals surface area contributed by atoms with Crippen LogP contribution in [0.2, 0.25) is 0 Å². The summed E-state index contributed by atoms with van der Waals surface area (Å²) < 4.78 is 0. The molecule has 1 rings (SSSR count). The van der Waals surface area contributed by atoms with E-state index >= 15 is 0 Å². The SMILES string of the molecule is CNC(c1ccc(CC(C)C)cc1)C(N)C(=O)O. The minimum atomic E-state index is -0.999. The first-order chi connectivity index (χ1) is 8.45. The Balaban J connectivity index is 2.85. The lowest BCUT2D eigenvalue weighted by molar-refractivity contribution is -0.139. The molecule has 0 bridgehead atoms. The van der Waals surface area contributed by atoms with Crippen molar-refractivity contribution in [3.63, 3.8) is 0 Å². The van der Waals surface area contributed by atoms with Crippen molar-refractivity contribution in [1.82, 2.24) is 5.32 Å². The molecule has 0 aliphatic heterocycles. The van der Waals surface area contributed by atoms with Crippen molar-refractivity contribution in [3.8, 4) is 0 Å². The van der Waals surface area contributed by atoms with E-state index in [2.05, 4.69) is 19.2 Å². The van der Waals surface area contributed by atoms with E-state index < -0.39 is 12.0 Å². The van der Waals surface area contributed by atoms with E-state index in [9.17, 15) is 4.79 Å². The molecule has 2 atom stereocenters. The van der Waals surface area contributed by atoms with E-state index in [1.165, 1.54) is 5.56 Å². The summed E-state index contributed by atoms with van der Waals surface area (Å²) in [5.41, 5.74) is 7.82. The number of carboxylic acids is 1. The number of nitrogens with one attached hydrogen (secondary N) is 1. The van der Waals surface area contributed by atoms with Crippen molar-refractivity contribution < 1.29 is 9.90 Å². The van der Waals surface area contributed by atoms with Crippen molar-refractivity contribution in [2.75, 3.05) is 7.05 Å². The summed E-state index contributed by atoms with van der Waals surface area (Å²) in [7, 11) is 1.72. The number of aliphatic carboxylic acids is 1. The van der Waals surface area contributed by atoms with Gasteiger partial charge in [0.2, 0.25) is 0 Å². The maximum Gasteiger partial charge on any atom is 0.322 e. The molecule has 1 aromatic rings. The highest BCUT2D eigenvalue weighted by atomic mass is 16.4. The van der Waals surface area contributed by atoms with Crippen LogP contribution in [0, 0.1) is 5.92 Å². The van der Waals surface area contributed by atoms with Gasteiger partial charge in [-0.1, -0.05) is 38.1 Å². The van der Waals surface area contributed by atoms with Gasteiger partial charge in [-0.3, -0.25) is 4.79 Å². The highest BCUT2D eigenvalue weighted by Crippen LogP contribution is 2.18. The molecule has 2 unspecified atom stereocenters. The van der Waals surface area contributed by atoms with Gasteiger partial charge in [-0.15, -0.1) is 0 Å². The number of hydrogen-bond donors (Lipinski definition) is 3. The molecule has 100 valence electrons. The maximum absolute atomic E-state index is 10.9. The van der Waals surface area contributed by atoms with Gasteiger partial charge in [0.15, 0.2) is 0 Å². The third kappa shape index (κ3) is 3.82. The third-order valence-corrected chi connectivity index (χ3v) is 2.94. The van der Waals surface area contributed by atoms with Gasteiger partial charge in [-0.25, -0.2) is 0 Å². The molecule has 4 N–H and O–H groups in total. The van der Waals surface area contributed by atoms with E-state index in [0.717, 1.165) is 12.0 Å². The largest absolute Gasteiger partial charge is 0.480 e. The first-order valence-corrected chi connectivity index (χ1v) is 6.20. The van der Waals surface area contributed by atoms with Crippen molar-refractivity contribution in [2.45, 2.75) is 32.4 Å². The Bertz CT molecular complexity index is 387. The number of benzene rings is 1. The zero-order valence-corrected chi connectivity index (χ0v) is 11.2. The molecule has 0 heterocycles. The van der Waals surface area contributed by atoms with Gasteiger partial charge in [0.1, 0.15) is 6.04 Å². The number of rotatable bonds is 6. The fourth-order valence-electron chi connectivity index (χ4n) is 2.03. The van der Waals surface area contributed by atoms with Gasteiger partial charge in [-0.2, -0.15) is 0 Å². The second kappa shape index (κ2) is 6.52. The summed E-state index contributed by atoms with van der Waals surface area (Å²) in [6, 6.07) is 6.66. The predicted octanol–water partition coefficient (Wildman–Crippen LogP) is 1.56. The summed E-state index contributed by atoms with van der Waals surface area (Å²) >= 11 is 0. The molecule has 0 saturated heterocycles. The molecule has 4 heteroatoms. The Morgan fingerprint density at radius 1 is 1.33 bits per heavy atom. The van der Waals surface area contributed by atoms with Crippen LogP contribution in [0.1, 0.15) is 31.0 Å². The van der Waals surface area contributed by atoms with Crippen LogP contribution in [0.25, 0.3) is 0 Å². The number of hydrogen-bond acceptors (Lipinski definition) is 3. The van der Waals surface area contributed by atoms with Crippen LogP contribution in [0.15, 0.2) is 24.3 Å². The van der Waals surface area contributed by atoms with Crippen molar-refractivity contribution >= 4 is 5.97 Å². The van der Waals surface area contributed by atoms with Crippen LogP contribution in [-0.4, -0.2) is 24.2 Å². The maximum atomic E-state index is 10.9. The monoisotopic (exact) mass is 250 g/mol. The fourth-order valence-corrected chi connectivity index (χ4v) is 2.03. The number of nitrogens with two attached hydrogens (primary N) is 1. The van der Waals surface area contributed by atoms with Gasteiger partial charge in [0.25, 0.3) is 0 Å². The van der Waals surface area contributed by atoms with Crippen molar-refractivity contribution in [2.24, 2.45) is 11.7 Å². The number of carbonyl (C=O) groups is 1. The highest BCUT2D eigenvalue weighted by molar-refractivity contribution is 5.74. The molecule has 0 aliphatic rings. The Hall–Kier alpha value is -1.39. The minimum absolute atomic E-state index is 0.365. The predicted molar refractivity (Wildman–Crippen MR) is 72.4 cm³/mol. The van der Waals surface area contributed by atoms with Gasteiger partial charge < -0.3 is 16.2 Å². The summed E-state index contributed by atoms with van der Waals surface area (Å²) in [6.45, 7) is 4.34. The van der Waals surface area contributed by atoms with Crippen LogP contribution in [0.4, 0.5) is 0 Å². The Kier molecular flexibility index (Phi) is 5.31. The Labute approximate surface area is 108 Å². The molecule has 0 spiro atoms. The van der Waals surface area contributed by atoms with Crippen LogP contribution in [0.3, 0.4) is 0 Å². The molecule has 0 radical (unpaired) electrons. The standard InChI is InChI=1S/C14H22N2O2/c1-9(2)8-10-4-6-11(7-5-10)13(16-3)12(15)14(17)18/h4-7,9,12-13,16H,8,15H2,1-3H3,(H,17,18). The highest BCUT2D eigenvalue weighted by Gasteiger charge is 2.24.